The van der Waals surface area contributed by atoms with Crippen LogP contribution in [0.5, 0.6) is 0 Å². The highest BCUT2D eigenvalue weighted by Gasteiger charge is 2.51. The lowest BCUT2D eigenvalue weighted by Gasteiger charge is -2.25. The molecule has 0 unspecified atom stereocenters. The van der Waals surface area contributed by atoms with Crippen LogP contribution in [0.1, 0.15) is 50.5 Å². The van der Waals surface area contributed by atoms with E-state index in [1.807, 2.05) is 0 Å². The number of halogens is 3. The molecule has 6 heteroatoms. The summed E-state index contributed by atoms with van der Waals surface area (Å²) in [7, 11) is 0. The normalized spacial score (nSPS) is 21.0. The monoisotopic (exact) mass is 343 g/mol. The number of carbonyl (C=O) groups excluding carboxylic acids is 1. The van der Waals surface area contributed by atoms with E-state index in [4.69, 9.17) is 0 Å². The van der Waals surface area contributed by atoms with E-state index < -0.39 is 16.5 Å². The van der Waals surface area contributed by atoms with E-state index in [1.54, 1.807) is 6.07 Å². The van der Waals surface area contributed by atoms with E-state index in [0.717, 1.165) is 50.7 Å². The zero-order chi connectivity index (χ0) is 16.5. The van der Waals surface area contributed by atoms with Crippen LogP contribution in [0.15, 0.2) is 29.2 Å². The van der Waals surface area contributed by atoms with Crippen LogP contribution in [0.3, 0.4) is 0 Å². The number of thioether (sulfide) groups is 1. The molecule has 2 nitrogen and oxygen atoms in total. The van der Waals surface area contributed by atoms with Gasteiger partial charge in [0.15, 0.2) is 0 Å². The van der Waals surface area contributed by atoms with E-state index in [1.165, 1.54) is 24.2 Å². The second kappa shape index (κ2) is 6.38. The molecule has 2 aliphatic carbocycles. The van der Waals surface area contributed by atoms with Gasteiger partial charge in [-0.2, -0.15) is 13.2 Å². The third-order valence-corrected chi connectivity index (χ3v) is 6.01. The summed E-state index contributed by atoms with van der Waals surface area (Å²) >= 11 is 1.27. The molecule has 0 bridgehead atoms. The fourth-order valence-electron chi connectivity index (χ4n) is 3.01. The predicted octanol–water partition coefficient (Wildman–Crippen LogP) is 4.78. The Kier molecular flexibility index (Phi) is 4.63. The van der Waals surface area contributed by atoms with Crippen molar-refractivity contribution in [3.8, 4) is 0 Å². The number of hydrogen-bond acceptors (Lipinski definition) is 2. The van der Waals surface area contributed by atoms with E-state index in [0.29, 0.717) is 4.90 Å². The number of benzene rings is 1. The Hall–Kier alpha value is -1.17. The maximum Gasteiger partial charge on any atom is 0.416 e. The van der Waals surface area contributed by atoms with E-state index in [-0.39, 0.29) is 11.9 Å². The predicted molar refractivity (Wildman–Crippen MR) is 84.3 cm³/mol. The maximum absolute atomic E-state index is 12.8. The topological polar surface area (TPSA) is 29.1 Å². The fraction of sp³-hybridized carbons (Fsp3) is 0.588. The number of rotatable bonds is 4. The molecule has 0 spiro atoms. The first-order valence-electron chi connectivity index (χ1n) is 8.06. The highest BCUT2D eigenvalue weighted by atomic mass is 32.2. The van der Waals surface area contributed by atoms with Crippen molar-refractivity contribution >= 4 is 17.7 Å². The van der Waals surface area contributed by atoms with Gasteiger partial charge in [0.25, 0.3) is 0 Å². The summed E-state index contributed by atoms with van der Waals surface area (Å²) < 4.78 is 37.8. The minimum Gasteiger partial charge on any atom is -0.352 e. The Morgan fingerprint density at radius 3 is 2.48 bits per heavy atom. The van der Waals surface area contributed by atoms with Crippen molar-refractivity contribution in [2.75, 3.05) is 0 Å². The Labute approximate surface area is 138 Å². The minimum absolute atomic E-state index is 0.00758. The van der Waals surface area contributed by atoms with Crippen LogP contribution >= 0.6 is 11.8 Å². The van der Waals surface area contributed by atoms with Gasteiger partial charge in [0, 0.05) is 10.9 Å². The summed E-state index contributed by atoms with van der Waals surface area (Å²) in [6.45, 7) is 0. The van der Waals surface area contributed by atoms with E-state index in [9.17, 15) is 18.0 Å². The van der Waals surface area contributed by atoms with Gasteiger partial charge >= 0.3 is 6.18 Å². The summed E-state index contributed by atoms with van der Waals surface area (Å²) in [6, 6.07) is 5.48. The van der Waals surface area contributed by atoms with Crippen molar-refractivity contribution in [1.29, 1.82) is 0 Å². The van der Waals surface area contributed by atoms with Crippen molar-refractivity contribution < 1.29 is 18.0 Å². The molecule has 0 aromatic heterocycles. The lowest BCUT2D eigenvalue weighted by atomic mass is 9.95. The van der Waals surface area contributed by atoms with Gasteiger partial charge in [0.05, 0.1) is 10.3 Å². The maximum atomic E-state index is 12.8. The molecule has 1 aromatic rings. The van der Waals surface area contributed by atoms with Crippen molar-refractivity contribution in [3.63, 3.8) is 0 Å². The quantitative estimate of drug-likeness (QED) is 0.852. The molecular formula is C17H20F3NOS. The van der Waals surface area contributed by atoms with Gasteiger partial charge < -0.3 is 5.32 Å². The molecule has 2 aliphatic rings. The average Bonchev–Trinajstić information content (AvgIpc) is 3.29. The molecule has 0 saturated heterocycles. The standard InChI is InChI=1S/C17H20F3NOS/c18-17(19,20)12-5-4-8-14(11-12)23-16(9-10-16)15(22)21-13-6-2-1-3-7-13/h4-5,8,11,13H,1-3,6-7,9-10H2,(H,21,22). The van der Waals surface area contributed by atoms with Gasteiger partial charge in [-0.25, -0.2) is 0 Å². The first kappa shape index (κ1) is 16.7. The molecule has 1 amide bonds. The summed E-state index contributed by atoms with van der Waals surface area (Å²) in [5.74, 6) is -0.00758. The molecular weight excluding hydrogens is 323 g/mol. The van der Waals surface area contributed by atoms with Crippen molar-refractivity contribution in [3.05, 3.63) is 29.8 Å². The smallest absolute Gasteiger partial charge is 0.352 e. The molecule has 3 rings (SSSR count). The number of carbonyl (C=O) groups is 1. The summed E-state index contributed by atoms with van der Waals surface area (Å²) in [6.07, 6.45) is 2.62. The second-order valence-electron chi connectivity index (χ2n) is 6.43. The lowest BCUT2D eigenvalue weighted by molar-refractivity contribution is -0.137. The summed E-state index contributed by atoms with van der Waals surface area (Å²) in [5, 5.41) is 3.10. The highest BCUT2D eigenvalue weighted by Crippen LogP contribution is 2.52. The Bertz CT molecular complexity index is 577. The SMILES string of the molecule is O=C(NC1CCCCC1)C1(Sc2cccc(C(F)(F)F)c2)CC1. The number of alkyl halides is 3. The van der Waals surface area contributed by atoms with Crippen LogP contribution in [-0.2, 0) is 11.0 Å². The van der Waals surface area contributed by atoms with Crippen molar-refractivity contribution in [2.45, 2.75) is 66.8 Å². The van der Waals surface area contributed by atoms with E-state index >= 15 is 0 Å². The molecule has 0 atom stereocenters. The van der Waals surface area contributed by atoms with Gasteiger partial charge in [-0.3, -0.25) is 4.79 Å². The van der Waals surface area contributed by atoms with Gasteiger partial charge in [-0.1, -0.05) is 25.3 Å². The number of hydrogen-bond donors (Lipinski definition) is 1. The lowest BCUT2D eigenvalue weighted by Crippen LogP contribution is -2.42. The number of amides is 1. The molecule has 126 valence electrons. The Morgan fingerprint density at radius 1 is 1.17 bits per heavy atom. The molecule has 1 N–H and O–H groups in total. The summed E-state index contributed by atoms with van der Waals surface area (Å²) in [5.41, 5.74) is -0.661. The zero-order valence-corrected chi connectivity index (χ0v) is 13.6. The third-order valence-electron chi connectivity index (χ3n) is 4.53. The third kappa shape index (κ3) is 4.03. The van der Waals surface area contributed by atoms with Crippen LogP contribution in [0.4, 0.5) is 13.2 Å². The van der Waals surface area contributed by atoms with Crippen LogP contribution in [0, 0.1) is 0 Å². The average molecular weight is 343 g/mol. The van der Waals surface area contributed by atoms with Crippen molar-refractivity contribution in [1.82, 2.24) is 5.32 Å². The molecule has 1 aromatic carbocycles. The molecule has 2 fully saturated rings. The van der Waals surface area contributed by atoms with Crippen LogP contribution in [-0.4, -0.2) is 16.7 Å². The Balaban J connectivity index is 1.65. The van der Waals surface area contributed by atoms with Crippen LogP contribution in [0.25, 0.3) is 0 Å². The summed E-state index contributed by atoms with van der Waals surface area (Å²) in [4.78, 5) is 13.0. The first-order chi connectivity index (χ1) is 10.9. The van der Waals surface area contributed by atoms with Crippen LogP contribution in [0.2, 0.25) is 0 Å². The highest BCUT2D eigenvalue weighted by molar-refractivity contribution is 8.01. The van der Waals surface area contributed by atoms with Gasteiger partial charge in [-0.05, 0) is 43.9 Å². The zero-order valence-electron chi connectivity index (χ0n) is 12.8. The largest absolute Gasteiger partial charge is 0.416 e. The molecule has 0 heterocycles. The Morgan fingerprint density at radius 2 is 1.87 bits per heavy atom. The number of nitrogens with one attached hydrogen (secondary N) is 1. The molecule has 0 radical (unpaired) electrons. The first-order valence-corrected chi connectivity index (χ1v) is 8.88. The second-order valence-corrected chi connectivity index (χ2v) is 7.89. The van der Waals surface area contributed by atoms with Crippen molar-refractivity contribution in [2.24, 2.45) is 0 Å². The van der Waals surface area contributed by atoms with Crippen LogP contribution < -0.4 is 5.32 Å². The van der Waals surface area contributed by atoms with Gasteiger partial charge in [0.2, 0.25) is 5.91 Å². The van der Waals surface area contributed by atoms with E-state index in [2.05, 4.69) is 5.32 Å². The fourth-order valence-corrected chi connectivity index (χ4v) is 4.26. The molecule has 23 heavy (non-hydrogen) atoms. The molecule has 2 saturated carbocycles. The minimum atomic E-state index is -4.35. The van der Waals surface area contributed by atoms with Gasteiger partial charge in [-0.15, -0.1) is 11.8 Å². The van der Waals surface area contributed by atoms with Gasteiger partial charge in [0.1, 0.15) is 0 Å². The molecule has 0 aliphatic heterocycles.